The molecule has 2 heterocycles. The van der Waals surface area contributed by atoms with Gasteiger partial charge in [-0.05, 0) is 38.3 Å². The smallest absolute Gasteiger partial charge is 0.285 e. The fraction of sp³-hybridized carbons (Fsp3) is 0.643. The minimum absolute atomic E-state index is 0.146. The maximum Gasteiger partial charge on any atom is 0.324 e. The molecule has 0 N–H and O–H groups in total. The minimum Gasteiger partial charge on any atom is -0.285 e. The van der Waals surface area contributed by atoms with Gasteiger partial charge in [0.1, 0.15) is 5.54 Å². The van der Waals surface area contributed by atoms with Gasteiger partial charge in [-0.1, -0.05) is 18.3 Å². The second-order valence-electron chi connectivity index (χ2n) is 5.75. The van der Waals surface area contributed by atoms with Crippen molar-refractivity contribution in [2.45, 2.75) is 38.6 Å². The highest BCUT2D eigenvalue weighted by molar-refractivity contribution is 7.15. The summed E-state index contributed by atoms with van der Waals surface area (Å²) in [6.45, 7) is 6.01. The molecule has 0 aliphatic carbocycles. The van der Waals surface area contributed by atoms with E-state index in [0.29, 0.717) is 12.3 Å². The first kappa shape index (κ1) is 14.9. The van der Waals surface area contributed by atoms with Crippen molar-refractivity contribution in [3.8, 4) is 6.07 Å². The number of nitro groups is 1. The van der Waals surface area contributed by atoms with Gasteiger partial charge in [0.25, 0.3) is 0 Å². The average Bonchev–Trinajstić information content (AvgIpc) is 2.87. The van der Waals surface area contributed by atoms with Gasteiger partial charge < -0.3 is 0 Å². The Balaban J connectivity index is 2.14. The van der Waals surface area contributed by atoms with Gasteiger partial charge in [0.2, 0.25) is 0 Å². The highest BCUT2D eigenvalue weighted by atomic mass is 32.1. The Hall–Kier alpha value is -1.45. The van der Waals surface area contributed by atoms with E-state index in [0.717, 1.165) is 24.4 Å². The summed E-state index contributed by atoms with van der Waals surface area (Å²) in [5.74, 6) is 0.606. The third-order valence-electron chi connectivity index (χ3n) is 3.94. The maximum atomic E-state index is 10.7. The number of rotatable bonds is 4. The number of piperidine rings is 1. The molecule has 1 aromatic rings. The molecule has 0 radical (unpaired) electrons. The Bertz CT molecular complexity index is 537. The summed E-state index contributed by atoms with van der Waals surface area (Å²) in [6.07, 6.45) is 2.88. The first-order valence-corrected chi connectivity index (χ1v) is 7.65. The number of nitriles is 1. The van der Waals surface area contributed by atoms with Crippen molar-refractivity contribution < 1.29 is 4.92 Å². The molecule has 2 rings (SSSR count). The van der Waals surface area contributed by atoms with Crippen LogP contribution in [0.15, 0.2) is 12.1 Å². The SMILES string of the molecule is CC1CCCN(C(C)(C#N)Cc2ccc([N+](=O)[O-])s2)C1. The van der Waals surface area contributed by atoms with Crippen molar-refractivity contribution in [2.24, 2.45) is 5.92 Å². The lowest BCUT2D eigenvalue weighted by Gasteiger charge is -2.40. The number of nitrogens with zero attached hydrogens (tertiary/aromatic N) is 3. The highest BCUT2D eigenvalue weighted by Gasteiger charge is 2.35. The van der Waals surface area contributed by atoms with Crippen LogP contribution in [0, 0.1) is 27.4 Å². The van der Waals surface area contributed by atoms with Crippen LogP contribution in [0.4, 0.5) is 5.00 Å². The molecule has 1 aromatic heterocycles. The predicted molar refractivity (Wildman–Crippen MR) is 78.7 cm³/mol. The van der Waals surface area contributed by atoms with E-state index in [9.17, 15) is 15.4 Å². The summed E-state index contributed by atoms with van der Waals surface area (Å²) in [5, 5.41) is 20.5. The molecule has 5 nitrogen and oxygen atoms in total. The number of likely N-dealkylation sites (tertiary alicyclic amines) is 1. The first-order valence-electron chi connectivity index (χ1n) is 6.84. The molecule has 1 saturated heterocycles. The molecule has 108 valence electrons. The molecule has 6 heteroatoms. The molecule has 1 aliphatic rings. The predicted octanol–water partition coefficient (Wildman–Crippen LogP) is 3.21. The van der Waals surface area contributed by atoms with Gasteiger partial charge in [-0.15, -0.1) is 0 Å². The van der Waals surface area contributed by atoms with Crippen molar-refractivity contribution >= 4 is 16.3 Å². The average molecular weight is 293 g/mol. The second-order valence-corrected chi connectivity index (χ2v) is 6.90. The quantitative estimate of drug-likeness (QED) is 0.631. The monoisotopic (exact) mass is 293 g/mol. The maximum absolute atomic E-state index is 10.7. The molecule has 1 fully saturated rings. The summed E-state index contributed by atoms with van der Waals surface area (Å²) in [5.41, 5.74) is -0.576. The van der Waals surface area contributed by atoms with Crippen LogP contribution in [0.5, 0.6) is 0 Å². The molecule has 1 aliphatic heterocycles. The summed E-state index contributed by atoms with van der Waals surface area (Å²) < 4.78 is 0. The zero-order valence-electron chi connectivity index (χ0n) is 11.8. The lowest BCUT2D eigenvalue weighted by molar-refractivity contribution is -0.380. The van der Waals surface area contributed by atoms with Gasteiger partial charge in [0.15, 0.2) is 0 Å². The molecule has 0 aromatic carbocycles. The van der Waals surface area contributed by atoms with Crippen molar-refractivity contribution in [3.63, 3.8) is 0 Å². The van der Waals surface area contributed by atoms with Crippen LogP contribution in [-0.2, 0) is 6.42 Å². The number of thiophene rings is 1. The second kappa shape index (κ2) is 5.90. The molecule has 2 atom stereocenters. The van der Waals surface area contributed by atoms with Crippen LogP contribution >= 0.6 is 11.3 Å². The third kappa shape index (κ3) is 3.17. The Labute approximate surface area is 123 Å². The van der Waals surface area contributed by atoms with E-state index in [4.69, 9.17) is 0 Å². The van der Waals surface area contributed by atoms with Crippen LogP contribution in [0.2, 0.25) is 0 Å². The van der Waals surface area contributed by atoms with Gasteiger partial charge in [-0.25, -0.2) is 0 Å². The van der Waals surface area contributed by atoms with Crippen LogP contribution in [-0.4, -0.2) is 28.5 Å². The van der Waals surface area contributed by atoms with E-state index in [1.54, 1.807) is 6.07 Å². The van der Waals surface area contributed by atoms with E-state index in [1.165, 1.54) is 23.8 Å². The standard InChI is InChI=1S/C14H19N3O2S/c1-11-4-3-7-16(9-11)14(2,10-15)8-12-5-6-13(20-12)17(18)19/h5-6,11H,3-4,7-9H2,1-2H3. The molecular weight excluding hydrogens is 274 g/mol. The van der Waals surface area contributed by atoms with Crippen LogP contribution < -0.4 is 0 Å². The van der Waals surface area contributed by atoms with Crippen LogP contribution in [0.3, 0.4) is 0 Å². The first-order chi connectivity index (χ1) is 9.44. The molecule has 2 unspecified atom stereocenters. The van der Waals surface area contributed by atoms with Crippen molar-refractivity contribution in [3.05, 3.63) is 27.1 Å². The fourth-order valence-electron chi connectivity index (χ4n) is 2.76. The Kier molecular flexibility index (Phi) is 4.41. The lowest BCUT2D eigenvalue weighted by Crippen LogP contribution is -2.51. The van der Waals surface area contributed by atoms with Crippen molar-refractivity contribution in [1.29, 1.82) is 5.26 Å². The highest BCUT2D eigenvalue weighted by Crippen LogP contribution is 2.31. The van der Waals surface area contributed by atoms with Crippen molar-refractivity contribution in [2.75, 3.05) is 13.1 Å². The lowest BCUT2D eigenvalue weighted by atomic mass is 9.90. The summed E-state index contributed by atoms with van der Waals surface area (Å²) in [4.78, 5) is 13.5. The molecule has 0 bridgehead atoms. The number of hydrogen-bond acceptors (Lipinski definition) is 5. The van der Waals surface area contributed by atoms with Gasteiger partial charge >= 0.3 is 5.00 Å². The van der Waals surface area contributed by atoms with Crippen LogP contribution in [0.25, 0.3) is 0 Å². The van der Waals surface area contributed by atoms with E-state index >= 15 is 0 Å². The topological polar surface area (TPSA) is 70.2 Å². The van der Waals surface area contributed by atoms with Crippen molar-refractivity contribution in [1.82, 2.24) is 4.90 Å². The minimum atomic E-state index is -0.576. The molecular formula is C14H19N3O2S. The Morgan fingerprint density at radius 1 is 1.65 bits per heavy atom. The fourth-order valence-corrected chi connectivity index (χ4v) is 3.73. The van der Waals surface area contributed by atoms with E-state index in [-0.39, 0.29) is 9.92 Å². The normalized spacial score (nSPS) is 22.9. The van der Waals surface area contributed by atoms with E-state index < -0.39 is 5.54 Å². The summed E-state index contributed by atoms with van der Waals surface area (Å²) in [7, 11) is 0. The molecule has 0 saturated carbocycles. The summed E-state index contributed by atoms with van der Waals surface area (Å²) >= 11 is 1.17. The van der Waals surface area contributed by atoms with E-state index in [1.807, 2.05) is 6.92 Å². The molecule has 0 amide bonds. The number of hydrogen-bond donors (Lipinski definition) is 0. The summed E-state index contributed by atoms with van der Waals surface area (Å²) in [6, 6.07) is 5.71. The Morgan fingerprint density at radius 3 is 2.95 bits per heavy atom. The zero-order chi connectivity index (χ0) is 14.8. The van der Waals surface area contributed by atoms with Gasteiger partial charge in [-0.3, -0.25) is 15.0 Å². The largest absolute Gasteiger partial charge is 0.324 e. The molecule has 20 heavy (non-hydrogen) atoms. The van der Waals surface area contributed by atoms with Crippen LogP contribution in [0.1, 0.15) is 31.6 Å². The molecule has 0 spiro atoms. The third-order valence-corrected chi connectivity index (χ3v) is 4.98. The Morgan fingerprint density at radius 2 is 2.40 bits per heavy atom. The van der Waals surface area contributed by atoms with Gasteiger partial charge in [0.05, 0.1) is 11.0 Å². The van der Waals surface area contributed by atoms with E-state index in [2.05, 4.69) is 17.9 Å². The van der Waals surface area contributed by atoms with Gasteiger partial charge in [-0.2, -0.15) is 5.26 Å². The van der Waals surface area contributed by atoms with Gasteiger partial charge in [0, 0.05) is 23.9 Å². The zero-order valence-corrected chi connectivity index (χ0v) is 12.7.